The number of aryl methyl sites for hydroxylation is 1. The molecule has 0 bridgehead atoms. The number of hydrogen-bond donors (Lipinski definition) is 2. The highest BCUT2D eigenvalue weighted by Crippen LogP contribution is 2.32. The van der Waals surface area contributed by atoms with Crippen LogP contribution < -0.4 is 10.6 Å². The number of fused-ring (bicyclic) bond motifs is 1. The number of halogens is 1. The maximum absolute atomic E-state index is 6.11. The van der Waals surface area contributed by atoms with Crippen LogP contribution in [0.15, 0.2) is 24.3 Å². The summed E-state index contributed by atoms with van der Waals surface area (Å²) in [6, 6.07) is 7.53. The first-order chi connectivity index (χ1) is 10.1. The Labute approximate surface area is 138 Å². The van der Waals surface area contributed by atoms with Gasteiger partial charge >= 0.3 is 0 Å². The molecular weight excluding hydrogens is 322 g/mol. The normalized spacial score (nSPS) is 17.1. The van der Waals surface area contributed by atoms with Crippen LogP contribution in [0.3, 0.4) is 0 Å². The second kappa shape index (κ2) is 6.30. The van der Waals surface area contributed by atoms with Gasteiger partial charge in [-0.05, 0) is 49.5 Å². The molecule has 1 aliphatic carbocycles. The van der Waals surface area contributed by atoms with Crippen LogP contribution in [0.2, 0.25) is 5.02 Å². The van der Waals surface area contributed by atoms with Crippen molar-refractivity contribution in [2.45, 2.75) is 26.2 Å². The number of thiocarbonyl (C=S) groups is 1. The lowest BCUT2D eigenvalue weighted by Crippen LogP contribution is -2.19. The van der Waals surface area contributed by atoms with Crippen molar-refractivity contribution < 1.29 is 0 Å². The fraction of sp³-hybridized carbons (Fsp3) is 0.333. The van der Waals surface area contributed by atoms with Crippen molar-refractivity contribution in [2.75, 3.05) is 10.6 Å². The van der Waals surface area contributed by atoms with Gasteiger partial charge in [0.25, 0.3) is 0 Å². The number of anilines is 2. The molecule has 0 saturated carbocycles. The molecule has 0 saturated heterocycles. The summed E-state index contributed by atoms with van der Waals surface area (Å²) in [5, 5.41) is 8.28. The summed E-state index contributed by atoms with van der Waals surface area (Å²) >= 11 is 13.1. The van der Waals surface area contributed by atoms with Crippen LogP contribution in [0.25, 0.3) is 0 Å². The molecule has 2 N–H and O–H groups in total. The Kier molecular flexibility index (Phi) is 4.42. The van der Waals surface area contributed by atoms with Crippen LogP contribution >= 0.6 is 35.2 Å². The summed E-state index contributed by atoms with van der Waals surface area (Å²) in [5.41, 5.74) is 2.02. The lowest BCUT2D eigenvalue weighted by molar-refractivity contribution is 0.502. The zero-order valence-electron chi connectivity index (χ0n) is 11.6. The average molecular weight is 338 g/mol. The van der Waals surface area contributed by atoms with Crippen molar-refractivity contribution >= 4 is 51.1 Å². The third-order valence-electron chi connectivity index (χ3n) is 3.53. The van der Waals surface area contributed by atoms with Crippen LogP contribution in [-0.2, 0) is 12.8 Å². The zero-order chi connectivity index (χ0) is 14.8. The fourth-order valence-electron chi connectivity index (χ4n) is 2.41. The zero-order valence-corrected chi connectivity index (χ0v) is 14.0. The van der Waals surface area contributed by atoms with E-state index in [0.717, 1.165) is 29.6 Å². The molecule has 0 fully saturated rings. The number of rotatable bonds is 2. The molecule has 1 atom stereocenters. The second-order valence-corrected chi connectivity index (χ2v) is 7.19. The number of para-hydroxylation sites is 1. The molecule has 0 aliphatic heterocycles. The first-order valence-electron chi connectivity index (χ1n) is 6.93. The van der Waals surface area contributed by atoms with Gasteiger partial charge in [0.05, 0.1) is 16.4 Å². The third kappa shape index (κ3) is 3.54. The summed E-state index contributed by atoms with van der Waals surface area (Å²) in [7, 11) is 0. The largest absolute Gasteiger partial charge is 0.331 e. The van der Waals surface area contributed by atoms with Crippen molar-refractivity contribution in [3.63, 3.8) is 0 Å². The van der Waals surface area contributed by atoms with Gasteiger partial charge in [0, 0.05) is 4.88 Å². The number of benzene rings is 1. The highest BCUT2D eigenvalue weighted by atomic mass is 35.5. The van der Waals surface area contributed by atoms with Crippen LogP contribution in [0.4, 0.5) is 10.8 Å². The van der Waals surface area contributed by atoms with E-state index in [1.54, 1.807) is 11.3 Å². The minimum atomic E-state index is 0.516. The van der Waals surface area contributed by atoms with Crippen LogP contribution in [0.5, 0.6) is 0 Å². The average Bonchev–Trinajstić information content (AvgIpc) is 2.82. The maximum Gasteiger partial charge on any atom is 0.189 e. The van der Waals surface area contributed by atoms with E-state index in [0.29, 0.717) is 10.1 Å². The van der Waals surface area contributed by atoms with E-state index in [9.17, 15) is 0 Å². The fourth-order valence-corrected chi connectivity index (χ4v) is 4.04. The quantitative estimate of drug-likeness (QED) is 0.777. The van der Waals surface area contributed by atoms with E-state index in [-0.39, 0.29) is 0 Å². The van der Waals surface area contributed by atoms with Crippen molar-refractivity contribution in [1.82, 2.24) is 4.98 Å². The molecule has 1 aromatic heterocycles. The molecule has 6 heteroatoms. The Morgan fingerprint density at radius 1 is 1.38 bits per heavy atom. The molecule has 0 amide bonds. The highest BCUT2D eigenvalue weighted by molar-refractivity contribution is 7.80. The number of nitrogens with zero attached hydrogens (tertiary/aromatic N) is 1. The maximum atomic E-state index is 6.11. The minimum absolute atomic E-state index is 0.516. The molecule has 3 nitrogen and oxygen atoms in total. The Morgan fingerprint density at radius 2 is 2.19 bits per heavy atom. The summed E-state index contributed by atoms with van der Waals surface area (Å²) in [6.07, 6.45) is 3.41. The molecule has 0 spiro atoms. The molecule has 110 valence electrons. The molecular formula is C15H16ClN3S2. The highest BCUT2D eigenvalue weighted by Gasteiger charge is 2.20. The monoisotopic (exact) mass is 337 g/mol. The first-order valence-corrected chi connectivity index (χ1v) is 8.53. The van der Waals surface area contributed by atoms with Gasteiger partial charge < -0.3 is 10.6 Å². The molecule has 2 aromatic rings. The SMILES string of the molecule is CC1CCc2nc(NC(=S)Nc3ccccc3Cl)sc2C1. The van der Waals surface area contributed by atoms with E-state index >= 15 is 0 Å². The van der Waals surface area contributed by atoms with Gasteiger partial charge in [-0.25, -0.2) is 4.98 Å². The lowest BCUT2D eigenvalue weighted by atomic mass is 9.93. The Balaban J connectivity index is 1.67. The van der Waals surface area contributed by atoms with Gasteiger partial charge in [0.15, 0.2) is 10.2 Å². The van der Waals surface area contributed by atoms with Gasteiger partial charge in [0.2, 0.25) is 0 Å². The smallest absolute Gasteiger partial charge is 0.189 e. The van der Waals surface area contributed by atoms with E-state index < -0.39 is 0 Å². The molecule has 21 heavy (non-hydrogen) atoms. The van der Waals surface area contributed by atoms with Crippen molar-refractivity contribution in [1.29, 1.82) is 0 Å². The Hall–Kier alpha value is -1.17. The predicted molar refractivity (Wildman–Crippen MR) is 94.6 cm³/mol. The minimum Gasteiger partial charge on any atom is -0.331 e. The summed E-state index contributed by atoms with van der Waals surface area (Å²) in [4.78, 5) is 6.02. The lowest BCUT2D eigenvalue weighted by Gasteiger charge is -2.15. The first kappa shape index (κ1) is 14.8. The van der Waals surface area contributed by atoms with Gasteiger partial charge in [-0.15, -0.1) is 11.3 Å². The van der Waals surface area contributed by atoms with Crippen LogP contribution in [0, 0.1) is 5.92 Å². The van der Waals surface area contributed by atoms with E-state index in [4.69, 9.17) is 23.8 Å². The standard InChI is InChI=1S/C15H16ClN3S2/c1-9-6-7-12-13(8-9)21-15(18-12)19-14(20)17-11-5-3-2-4-10(11)16/h2-5,9H,6-8H2,1H3,(H2,17,18,19,20). The van der Waals surface area contributed by atoms with Crippen molar-refractivity contribution in [2.24, 2.45) is 5.92 Å². The molecule has 3 rings (SSSR count). The third-order valence-corrected chi connectivity index (χ3v) is 5.10. The van der Waals surface area contributed by atoms with Crippen molar-refractivity contribution in [3.8, 4) is 0 Å². The van der Waals surface area contributed by atoms with E-state index in [1.807, 2.05) is 24.3 Å². The molecule has 1 aliphatic rings. The van der Waals surface area contributed by atoms with Gasteiger partial charge in [-0.1, -0.05) is 30.7 Å². The van der Waals surface area contributed by atoms with Crippen LogP contribution in [-0.4, -0.2) is 10.1 Å². The van der Waals surface area contributed by atoms with Gasteiger partial charge in [0.1, 0.15) is 0 Å². The number of nitrogens with one attached hydrogen (secondary N) is 2. The molecule has 1 aromatic carbocycles. The van der Waals surface area contributed by atoms with E-state index in [1.165, 1.54) is 17.0 Å². The Morgan fingerprint density at radius 3 is 3.00 bits per heavy atom. The summed E-state index contributed by atoms with van der Waals surface area (Å²) in [6.45, 7) is 2.29. The second-order valence-electron chi connectivity index (χ2n) is 5.30. The van der Waals surface area contributed by atoms with Gasteiger partial charge in [-0.3, -0.25) is 0 Å². The Bertz CT molecular complexity index is 669. The summed E-state index contributed by atoms with van der Waals surface area (Å²) in [5.74, 6) is 0.749. The number of thiazole rings is 1. The summed E-state index contributed by atoms with van der Waals surface area (Å²) < 4.78 is 0. The topological polar surface area (TPSA) is 37.0 Å². The molecule has 1 heterocycles. The molecule has 0 radical (unpaired) electrons. The molecule has 1 unspecified atom stereocenters. The number of hydrogen-bond acceptors (Lipinski definition) is 3. The van der Waals surface area contributed by atoms with Gasteiger partial charge in [-0.2, -0.15) is 0 Å². The number of aromatic nitrogens is 1. The van der Waals surface area contributed by atoms with E-state index in [2.05, 4.69) is 22.5 Å². The predicted octanol–water partition coefficient (Wildman–Crippen LogP) is 4.73. The van der Waals surface area contributed by atoms with Crippen LogP contribution in [0.1, 0.15) is 23.9 Å². The van der Waals surface area contributed by atoms with Crippen molar-refractivity contribution in [3.05, 3.63) is 39.9 Å².